The molecule has 1 aromatic carbocycles. The Balaban J connectivity index is 0.00000112. The van der Waals surface area contributed by atoms with Crippen molar-refractivity contribution in [3.63, 3.8) is 0 Å². The molecule has 0 spiro atoms. The largest absolute Gasteiger partial charge is 0.324 e. The zero-order chi connectivity index (χ0) is 9.97. The van der Waals surface area contributed by atoms with Gasteiger partial charge in [-0.05, 0) is 24.1 Å². The van der Waals surface area contributed by atoms with Crippen molar-refractivity contribution in [2.75, 3.05) is 0 Å². The van der Waals surface area contributed by atoms with Crippen molar-refractivity contribution in [2.45, 2.75) is 19.4 Å². The second kappa shape index (κ2) is 5.10. The zero-order valence-electron chi connectivity index (χ0n) is 8.68. The SMILES string of the molecule is CC[C@H](N)c1ccnc2ccccc12.Cl. The maximum atomic E-state index is 6.03. The van der Waals surface area contributed by atoms with Crippen LogP contribution in [0.25, 0.3) is 10.9 Å². The Morgan fingerprint density at radius 3 is 2.73 bits per heavy atom. The van der Waals surface area contributed by atoms with Crippen molar-refractivity contribution in [1.29, 1.82) is 0 Å². The van der Waals surface area contributed by atoms with E-state index < -0.39 is 0 Å². The third kappa shape index (κ3) is 2.28. The summed E-state index contributed by atoms with van der Waals surface area (Å²) in [6.45, 7) is 2.10. The number of nitrogens with zero attached hydrogens (tertiary/aromatic N) is 1. The minimum Gasteiger partial charge on any atom is -0.324 e. The van der Waals surface area contributed by atoms with E-state index in [0.717, 1.165) is 11.9 Å². The zero-order valence-corrected chi connectivity index (χ0v) is 9.50. The molecule has 1 aromatic heterocycles. The van der Waals surface area contributed by atoms with E-state index in [1.165, 1.54) is 10.9 Å². The Labute approximate surface area is 95.9 Å². The maximum absolute atomic E-state index is 6.03. The molecule has 0 radical (unpaired) electrons. The smallest absolute Gasteiger partial charge is 0.0705 e. The van der Waals surface area contributed by atoms with Crippen LogP contribution in [0.3, 0.4) is 0 Å². The third-order valence-electron chi connectivity index (χ3n) is 2.52. The molecule has 0 fully saturated rings. The summed E-state index contributed by atoms with van der Waals surface area (Å²) in [5.74, 6) is 0. The van der Waals surface area contributed by atoms with Crippen LogP contribution in [0.5, 0.6) is 0 Å². The molecular formula is C12H15ClN2. The van der Waals surface area contributed by atoms with Crippen LogP contribution in [0.15, 0.2) is 36.5 Å². The third-order valence-corrected chi connectivity index (χ3v) is 2.52. The lowest BCUT2D eigenvalue weighted by Gasteiger charge is -2.11. The summed E-state index contributed by atoms with van der Waals surface area (Å²) in [7, 11) is 0. The number of hydrogen-bond acceptors (Lipinski definition) is 2. The topological polar surface area (TPSA) is 38.9 Å². The summed E-state index contributed by atoms with van der Waals surface area (Å²) in [6, 6.07) is 10.2. The number of halogens is 1. The lowest BCUT2D eigenvalue weighted by Crippen LogP contribution is -2.09. The lowest BCUT2D eigenvalue weighted by molar-refractivity contribution is 0.703. The van der Waals surface area contributed by atoms with E-state index >= 15 is 0 Å². The van der Waals surface area contributed by atoms with Crippen LogP contribution in [-0.4, -0.2) is 4.98 Å². The molecule has 0 aliphatic heterocycles. The summed E-state index contributed by atoms with van der Waals surface area (Å²) in [5.41, 5.74) is 8.25. The molecule has 0 saturated heterocycles. The van der Waals surface area contributed by atoms with Gasteiger partial charge in [-0.15, -0.1) is 12.4 Å². The normalized spacial score (nSPS) is 12.1. The van der Waals surface area contributed by atoms with E-state index in [1.807, 2.05) is 30.5 Å². The molecule has 15 heavy (non-hydrogen) atoms. The summed E-state index contributed by atoms with van der Waals surface area (Å²) in [4.78, 5) is 4.30. The standard InChI is InChI=1S/C12H14N2.ClH/c1-2-11(13)9-7-8-14-12-6-4-3-5-10(9)12;/h3-8,11H,2,13H2,1H3;1H/t11-;/m0./s1. The first-order valence-electron chi connectivity index (χ1n) is 4.92. The number of rotatable bonds is 2. The van der Waals surface area contributed by atoms with Crippen molar-refractivity contribution in [1.82, 2.24) is 4.98 Å². The first kappa shape index (κ1) is 12.0. The van der Waals surface area contributed by atoms with Crippen LogP contribution < -0.4 is 5.73 Å². The number of nitrogens with two attached hydrogens (primary N) is 1. The van der Waals surface area contributed by atoms with Gasteiger partial charge in [-0.25, -0.2) is 0 Å². The number of hydrogen-bond donors (Lipinski definition) is 1. The number of aromatic nitrogens is 1. The van der Waals surface area contributed by atoms with Gasteiger partial charge in [0.05, 0.1) is 5.52 Å². The molecule has 0 aliphatic carbocycles. The van der Waals surface area contributed by atoms with Gasteiger partial charge in [0.25, 0.3) is 0 Å². The Bertz CT molecular complexity index is 437. The molecule has 80 valence electrons. The van der Waals surface area contributed by atoms with E-state index in [0.29, 0.717) is 0 Å². The second-order valence-electron chi connectivity index (χ2n) is 3.43. The van der Waals surface area contributed by atoms with Gasteiger partial charge in [0.15, 0.2) is 0 Å². The van der Waals surface area contributed by atoms with E-state index in [1.54, 1.807) is 0 Å². The minimum atomic E-state index is 0. The fourth-order valence-corrected chi connectivity index (χ4v) is 1.66. The number of para-hydroxylation sites is 1. The maximum Gasteiger partial charge on any atom is 0.0705 e. The fourth-order valence-electron chi connectivity index (χ4n) is 1.66. The molecule has 0 saturated carbocycles. The van der Waals surface area contributed by atoms with E-state index in [4.69, 9.17) is 5.73 Å². The Morgan fingerprint density at radius 1 is 1.27 bits per heavy atom. The van der Waals surface area contributed by atoms with Crippen molar-refractivity contribution >= 4 is 23.3 Å². The molecule has 2 nitrogen and oxygen atoms in total. The molecule has 0 bridgehead atoms. The molecular weight excluding hydrogens is 208 g/mol. The van der Waals surface area contributed by atoms with Gasteiger partial charge in [-0.2, -0.15) is 0 Å². The predicted molar refractivity (Wildman–Crippen MR) is 66.2 cm³/mol. The summed E-state index contributed by atoms with van der Waals surface area (Å²) < 4.78 is 0. The Kier molecular flexibility index (Phi) is 4.06. The summed E-state index contributed by atoms with van der Waals surface area (Å²) in [6.07, 6.45) is 2.78. The van der Waals surface area contributed by atoms with Gasteiger partial charge in [0.2, 0.25) is 0 Å². The van der Waals surface area contributed by atoms with Crippen molar-refractivity contribution < 1.29 is 0 Å². The van der Waals surface area contributed by atoms with Gasteiger partial charge in [-0.3, -0.25) is 4.98 Å². The second-order valence-corrected chi connectivity index (χ2v) is 3.43. The molecule has 1 atom stereocenters. The monoisotopic (exact) mass is 222 g/mol. The molecule has 0 unspecified atom stereocenters. The minimum absolute atomic E-state index is 0. The predicted octanol–water partition coefficient (Wildman–Crippen LogP) is 3.07. The highest BCUT2D eigenvalue weighted by Gasteiger charge is 2.07. The molecule has 2 aromatic rings. The van der Waals surface area contributed by atoms with Crippen LogP contribution in [0.2, 0.25) is 0 Å². The fraction of sp³-hybridized carbons (Fsp3) is 0.250. The Hall–Kier alpha value is -1.12. The van der Waals surface area contributed by atoms with Gasteiger partial charge in [-0.1, -0.05) is 25.1 Å². The molecule has 0 amide bonds. The van der Waals surface area contributed by atoms with Gasteiger partial charge < -0.3 is 5.73 Å². The average molecular weight is 223 g/mol. The van der Waals surface area contributed by atoms with Crippen LogP contribution in [0, 0.1) is 0 Å². The highest BCUT2D eigenvalue weighted by molar-refractivity contribution is 5.85. The molecule has 1 heterocycles. The van der Waals surface area contributed by atoms with Crippen LogP contribution in [0.1, 0.15) is 24.9 Å². The van der Waals surface area contributed by atoms with E-state index in [2.05, 4.69) is 18.0 Å². The molecule has 3 heteroatoms. The quantitative estimate of drug-likeness (QED) is 0.848. The van der Waals surface area contributed by atoms with Gasteiger partial charge in [0.1, 0.15) is 0 Å². The lowest BCUT2D eigenvalue weighted by atomic mass is 10.0. The Morgan fingerprint density at radius 2 is 2.00 bits per heavy atom. The van der Waals surface area contributed by atoms with Crippen molar-refractivity contribution in [3.05, 3.63) is 42.1 Å². The van der Waals surface area contributed by atoms with Crippen molar-refractivity contribution in [2.24, 2.45) is 5.73 Å². The van der Waals surface area contributed by atoms with Crippen molar-refractivity contribution in [3.8, 4) is 0 Å². The van der Waals surface area contributed by atoms with E-state index in [-0.39, 0.29) is 18.4 Å². The van der Waals surface area contributed by atoms with Crippen LogP contribution in [0.4, 0.5) is 0 Å². The first-order valence-corrected chi connectivity index (χ1v) is 4.92. The van der Waals surface area contributed by atoms with Gasteiger partial charge in [0, 0.05) is 17.6 Å². The number of fused-ring (bicyclic) bond motifs is 1. The molecule has 0 aliphatic rings. The summed E-state index contributed by atoms with van der Waals surface area (Å²) >= 11 is 0. The number of benzene rings is 1. The van der Waals surface area contributed by atoms with Crippen LogP contribution in [-0.2, 0) is 0 Å². The highest BCUT2D eigenvalue weighted by atomic mass is 35.5. The van der Waals surface area contributed by atoms with Crippen LogP contribution >= 0.6 is 12.4 Å². The first-order chi connectivity index (χ1) is 6.83. The number of pyridine rings is 1. The summed E-state index contributed by atoms with van der Waals surface area (Å²) in [5, 5.41) is 1.17. The van der Waals surface area contributed by atoms with E-state index in [9.17, 15) is 0 Å². The molecule has 2 rings (SSSR count). The molecule has 2 N–H and O–H groups in total. The highest BCUT2D eigenvalue weighted by Crippen LogP contribution is 2.22. The average Bonchev–Trinajstić information content (AvgIpc) is 2.27. The van der Waals surface area contributed by atoms with Gasteiger partial charge >= 0.3 is 0 Å².